The lowest BCUT2D eigenvalue weighted by Crippen LogP contribution is -2.58. The summed E-state index contributed by atoms with van der Waals surface area (Å²) in [6.45, 7) is 6.09. The number of nitrogens with one attached hydrogen (secondary N) is 2. The second-order valence-electron chi connectivity index (χ2n) is 13.0. The van der Waals surface area contributed by atoms with E-state index in [-0.39, 0.29) is 30.3 Å². The van der Waals surface area contributed by atoms with Gasteiger partial charge >= 0.3 is 12.1 Å². The van der Waals surface area contributed by atoms with Crippen molar-refractivity contribution in [1.29, 1.82) is 0 Å². The van der Waals surface area contributed by atoms with E-state index in [1.54, 1.807) is 4.90 Å². The summed E-state index contributed by atoms with van der Waals surface area (Å²) in [4.78, 5) is 48.4. The Morgan fingerprint density at radius 2 is 1.74 bits per heavy atom. The molecule has 10 nitrogen and oxygen atoms in total. The fraction of sp³-hybridized carbons (Fsp3) is 0.559. The van der Waals surface area contributed by atoms with E-state index in [4.69, 9.17) is 0 Å². The van der Waals surface area contributed by atoms with Gasteiger partial charge in [-0.25, -0.2) is 9.59 Å². The molecule has 3 fully saturated rings. The third-order valence-electron chi connectivity index (χ3n) is 10.4. The van der Waals surface area contributed by atoms with Crippen LogP contribution in [0.3, 0.4) is 0 Å². The Balaban J connectivity index is 1.24. The van der Waals surface area contributed by atoms with Gasteiger partial charge in [-0.3, -0.25) is 14.6 Å². The lowest BCUT2D eigenvalue weighted by molar-refractivity contribution is -0.138. The lowest BCUT2D eigenvalue weighted by Gasteiger charge is -2.45. The van der Waals surface area contributed by atoms with Gasteiger partial charge in [-0.2, -0.15) is 0 Å². The van der Waals surface area contributed by atoms with Gasteiger partial charge in [0.15, 0.2) is 0 Å². The van der Waals surface area contributed by atoms with E-state index in [2.05, 4.69) is 64.4 Å². The summed E-state index contributed by atoms with van der Waals surface area (Å²) >= 11 is 7.21. The Labute approximate surface area is 288 Å². The topological polar surface area (TPSA) is 108 Å². The zero-order valence-corrected chi connectivity index (χ0v) is 29.3. The first-order chi connectivity index (χ1) is 22.3. The molecular weight excluding hydrogens is 716 g/mol. The Bertz CT molecular complexity index is 1420. The van der Waals surface area contributed by atoms with Crippen LogP contribution in [0.15, 0.2) is 51.4 Å². The quantitative estimate of drug-likeness (QED) is 0.361. The number of halogens is 2. The number of carboxylic acid groups (broad SMARTS) is 1. The van der Waals surface area contributed by atoms with Crippen LogP contribution in [0, 0.1) is 11.8 Å². The normalized spacial score (nSPS) is 24.0. The van der Waals surface area contributed by atoms with E-state index in [0.717, 1.165) is 77.7 Å². The van der Waals surface area contributed by atoms with Crippen molar-refractivity contribution in [3.05, 3.63) is 62.5 Å². The van der Waals surface area contributed by atoms with Crippen LogP contribution in [0.5, 0.6) is 0 Å². The average molecular weight is 761 g/mol. The van der Waals surface area contributed by atoms with E-state index >= 15 is 0 Å². The van der Waals surface area contributed by atoms with Crippen LogP contribution in [0.4, 0.5) is 15.3 Å². The number of amides is 4. The van der Waals surface area contributed by atoms with E-state index in [0.29, 0.717) is 44.8 Å². The molecule has 4 aliphatic heterocycles. The van der Waals surface area contributed by atoms with Crippen molar-refractivity contribution in [3.63, 3.8) is 0 Å². The SMILES string of the molecule is O=C(C(Cc1ccc(Br)c(Br)c1)[C@@H]1CCN(C(=O)O)C(N2CCc3ccccc3NC2=O)C1)N1CCCN(C2CCNCC2)CC1. The molecule has 2 unspecified atom stereocenters. The molecule has 4 aliphatic rings. The van der Waals surface area contributed by atoms with Gasteiger partial charge in [-0.1, -0.05) is 24.3 Å². The molecule has 4 heterocycles. The molecule has 4 amide bonds. The molecule has 12 heteroatoms. The molecule has 0 spiro atoms. The number of fused-ring (bicyclic) bond motifs is 1. The number of carbonyl (C=O) groups is 3. The highest BCUT2D eigenvalue weighted by Gasteiger charge is 2.43. The fourth-order valence-electron chi connectivity index (χ4n) is 7.83. The van der Waals surface area contributed by atoms with Crippen LogP contribution in [0.2, 0.25) is 0 Å². The smallest absolute Gasteiger partial charge is 0.408 e. The zero-order valence-electron chi connectivity index (χ0n) is 26.2. The van der Waals surface area contributed by atoms with E-state index < -0.39 is 12.3 Å². The molecule has 0 saturated carbocycles. The Hall–Kier alpha value is -2.67. The largest absolute Gasteiger partial charge is 0.465 e. The van der Waals surface area contributed by atoms with Crippen LogP contribution in [-0.2, 0) is 17.6 Å². The molecule has 0 radical (unpaired) electrons. The van der Waals surface area contributed by atoms with Crippen molar-refractivity contribution in [1.82, 2.24) is 24.9 Å². The number of benzene rings is 2. The number of hydrogen-bond acceptors (Lipinski definition) is 5. The first-order valence-corrected chi connectivity index (χ1v) is 18.2. The van der Waals surface area contributed by atoms with Crippen molar-refractivity contribution < 1.29 is 19.5 Å². The molecule has 46 heavy (non-hydrogen) atoms. The van der Waals surface area contributed by atoms with Crippen LogP contribution >= 0.6 is 31.9 Å². The van der Waals surface area contributed by atoms with Crippen molar-refractivity contribution in [2.75, 3.05) is 57.7 Å². The zero-order chi connectivity index (χ0) is 32.2. The molecule has 0 aromatic heterocycles. The van der Waals surface area contributed by atoms with Crippen LogP contribution in [0.1, 0.15) is 43.2 Å². The van der Waals surface area contributed by atoms with Crippen molar-refractivity contribution in [2.45, 2.75) is 57.2 Å². The van der Waals surface area contributed by atoms with Gasteiger partial charge in [0.05, 0.1) is 0 Å². The van der Waals surface area contributed by atoms with Gasteiger partial charge in [0.2, 0.25) is 5.91 Å². The lowest BCUT2D eigenvalue weighted by atomic mass is 9.78. The molecule has 6 rings (SSSR count). The van der Waals surface area contributed by atoms with Crippen LogP contribution in [0.25, 0.3) is 0 Å². The summed E-state index contributed by atoms with van der Waals surface area (Å²) in [7, 11) is 0. The monoisotopic (exact) mass is 758 g/mol. The molecule has 248 valence electrons. The predicted molar refractivity (Wildman–Crippen MR) is 185 cm³/mol. The number of piperidine rings is 2. The maximum absolute atomic E-state index is 14.6. The minimum Gasteiger partial charge on any atom is -0.465 e. The fourth-order valence-corrected chi connectivity index (χ4v) is 8.51. The molecular formula is C34H44Br2N6O4. The number of likely N-dealkylation sites (tertiary alicyclic amines) is 1. The van der Waals surface area contributed by atoms with Gasteiger partial charge in [0.25, 0.3) is 0 Å². The summed E-state index contributed by atoms with van der Waals surface area (Å²) in [5.41, 5.74) is 2.85. The highest BCUT2D eigenvalue weighted by atomic mass is 79.9. The number of urea groups is 1. The van der Waals surface area contributed by atoms with Gasteiger partial charge in [0.1, 0.15) is 6.17 Å². The third-order valence-corrected chi connectivity index (χ3v) is 12.2. The van der Waals surface area contributed by atoms with Gasteiger partial charge < -0.3 is 25.5 Å². The standard InChI is InChI=1S/C34H44Br2N6O4/c35-28-7-6-23(21-29(28)36)20-27(32(43)40-15-3-14-39(18-19-40)26-8-12-37-13-9-26)25-11-17-42(34(45)46)31(22-25)41-16-10-24-4-1-2-5-30(24)38-33(41)44/h1-2,4-7,21,25-27,31,37H,3,8-20,22H2,(H,38,44)(H,45,46)/t25-,27?,31?/m1/s1. The molecule has 3 saturated heterocycles. The summed E-state index contributed by atoms with van der Waals surface area (Å²) in [6.07, 6.45) is 3.71. The Morgan fingerprint density at radius 1 is 0.935 bits per heavy atom. The number of nitrogens with zero attached hydrogens (tertiary/aromatic N) is 4. The molecule has 3 N–H and O–H groups in total. The predicted octanol–water partition coefficient (Wildman–Crippen LogP) is 5.46. The van der Waals surface area contributed by atoms with Gasteiger partial charge in [0, 0.05) is 65.9 Å². The maximum atomic E-state index is 14.6. The molecule has 2 aromatic carbocycles. The number of hydrogen-bond donors (Lipinski definition) is 3. The second kappa shape index (κ2) is 15.0. The number of carbonyl (C=O) groups excluding carboxylic acids is 2. The number of para-hydroxylation sites is 1. The molecule has 0 bridgehead atoms. The Kier molecular flexibility index (Phi) is 10.9. The highest BCUT2D eigenvalue weighted by Crippen LogP contribution is 2.36. The second-order valence-corrected chi connectivity index (χ2v) is 14.7. The summed E-state index contributed by atoms with van der Waals surface area (Å²) < 4.78 is 1.88. The minimum atomic E-state index is -1.04. The third kappa shape index (κ3) is 7.55. The summed E-state index contributed by atoms with van der Waals surface area (Å²) in [5, 5.41) is 16.7. The highest BCUT2D eigenvalue weighted by molar-refractivity contribution is 9.13. The van der Waals surface area contributed by atoms with E-state index in [1.165, 1.54) is 4.90 Å². The van der Waals surface area contributed by atoms with Gasteiger partial charge in [-0.05, 0) is 125 Å². The minimum absolute atomic E-state index is 0.0854. The first kappa shape index (κ1) is 33.2. The van der Waals surface area contributed by atoms with Crippen molar-refractivity contribution in [2.24, 2.45) is 11.8 Å². The van der Waals surface area contributed by atoms with Crippen LogP contribution < -0.4 is 10.6 Å². The van der Waals surface area contributed by atoms with Crippen molar-refractivity contribution in [3.8, 4) is 0 Å². The van der Waals surface area contributed by atoms with E-state index in [9.17, 15) is 19.5 Å². The molecule has 2 aromatic rings. The average Bonchev–Trinajstić information content (AvgIpc) is 3.41. The molecule has 3 atom stereocenters. The number of anilines is 1. The first-order valence-electron chi connectivity index (χ1n) is 16.6. The Morgan fingerprint density at radius 3 is 2.52 bits per heavy atom. The maximum Gasteiger partial charge on any atom is 0.408 e. The number of rotatable bonds is 6. The van der Waals surface area contributed by atoms with E-state index in [1.807, 2.05) is 30.3 Å². The van der Waals surface area contributed by atoms with Gasteiger partial charge in [-0.15, -0.1) is 0 Å². The molecule has 0 aliphatic carbocycles. The summed E-state index contributed by atoms with van der Waals surface area (Å²) in [5.74, 6) is -0.270. The van der Waals surface area contributed by atoms with Crippen LogP contribution in [-0.4, -0.2) is 107 Å². The summed E-state index contributed by atoms with van der Waals surface area (Å²) in [6, 6.07) is 14.1. The van der Waals surface area contributed by atoms with Crippen molar-refractivity contribution >= 4 is 55.6 Å².